The molecule has 0 saturated carbocycles. The van der Waals surface area contributed by atoms with Gasteiger partial charge in [0.25, 0.3) is 5.91 Å². The Morgan fingerprint density at radius 2 is 1.97 bits per heavy atom. The van der Waals surface area contributed by atoms with Crippen molar-refractivity contribution in [2.45, 2.75) is 39.2 Å². The van der Waals surface area contributed by atoms with Gasteiger partial charge in [-0.2, -0.15) is 0 Å². The molecule has 1 saturated heterocycles. The van der Waals surface area contributed by atoms with Crippen molar-refractivity contribution in [3.8, 4) is 11.5 Å². The number of nitrogens with zero attached hydrogens (tertiary/aromatic N) is 5. The molecule has 1 atom stereocenters. The van der Waals surface area contributed by atoms with E-state index in [1.54, 1.807) is 28.8 Å². The number of urea groups is 1. The standard InChI is InChI=1S/C24H30N8O4/c1-16(14-36-17(2)33)32-15-26-30-22(32)19-7-6-8-20(27-19)28-24(35)29-21-13-18(9-10-25-21)23(34)31-11-4-3-5-12-31/h6-9,13,15-16,25H,3-5,10-12,14H2,1-2H3,(H2,27,28,29,35)/t16-/m1/s1. The van der Waals surface area contributed by atoms with E-state index in [9.17, 15) is 14.4 Å². The summed E-state index contributed by atoms with van der Waals surface area (Å²) < 4.78 is 6.83. The molecule has 1 fully saturated rings. The van der Waals surface area contributed by atoms with Crippen LogP contribution in [0.15, 0.2) is 48.1 Å². The summed E-state index contributed by atoms with van der Waals surface area (Å²) in [5.74, 6) is 0.834. The Morgan fingerprint density at radius 1 is 1.17 bits per heavy atom. The van der Waals surface area contributed by atoms with Crippen LogP contribution in [0.1, 0.15) is 39.2 Å². The topological polar surface area (TPSA) is 143 Å². The normalized spacial score (nSPS) is 16.2. The number of ether oxygens (including phenoxy) is 1. The van der Waals surface area contributed by atoms with Crippen LogP contribution in [0.5, 0.6) is 0 Å². The van der Waals surface area contributed by atoms with E-state index in [1.807, 2.05) is 17.9 Å². The molecule has 0 aromatic carbocycles. The van der Waals surface area contributed by atoms with E-state index >= 15 is 0 Å². The minimum atomic E-state index is -0.505. The van der Waals surface area contributed by atoms with Crippen molar-refractivity contribution < 1.29 is 19.1 Å². The van der Waals surface area contributed by atoms with Gasteiger partial charge in [-0.3, -0.25) is 20.2 Å². The van der Waals surface area contributed by atoms with Crippen molar-refractivity contribution in [2.75, 3.05) is 31.6 Å². The zero-order chi connectivity index (χ0) is 25.5. The van der Waals surface area contributed by atoms with Crippen molar-refractivity contribution in [3.63, 3.8) is 0 Å². The Hall–Kier alpha value is -4.22. The van der Waals surface area contributed by atoms with E-state index in [-0.39, 0.29) is 24.5 Å². The van der Waals surface area contributed by atoms with Crippen molar-refractivity contribution in [2.24, 2.45) is 0 Å². The van der Waals surface area contributed by atoms with Gasteiger partial charge in [0.05, 0.1) is 6.04 Å². The lowest BCUT2D eigenvalue weighted by Gasteiger charge is -2.28. The van der Waals surface area contributed by atoms with Crippen LogP contribution in [0.25, 0.3) is 11.5 Å². The molecule has 2 aliphatic heterocycles. The largest absolute Gasteiger partial charge is 0.464 e. The number of carbonyl (C=O) groups is 3. The molecule has 36 heavy (non-hydrogen) atoms. The number of aromatic nitrogens is 4. The molecule has 0 unspecified atom stereocenters. The van der Waals surface area contributed by atoms with E-state index in [0.29, 0.717) is 35.3 Å². The van der Waals surface area contributed by atoms with Crippen LogP contribution in [0.2, 0.25) is 0 Å². The van der Waals surface area contributed by atoms with Crippen LogP contribution in [-0.2, 0) is 14.3 Å². The van der Waals surface area contributed by atoms with Gasteiger partial charge in [0.15, 0.2) is 5.82 Å². The molecule has 3 N–H and O–H groups in total. The molecule has 2 aliphatic rings. The molecule has 0 spiro atoms. The number of hydrogen-bond donors (Lipinski definition) is 3. The number of pyridine rings is 1. The number of anilines is 1. The van der Waals surface area contributed by atoms with Crippen molar-refractivity contribution >= 4 is 23.7 Å². The van der Waals surface area contributed by atoms with Gasteiger partial charge >= 0.3 is 12.0 Å². The highest BCUT2D eigenvalue weighted by Crippen LogP contribution is 2.20. The first-order valence-corrected chi connectivity index (χ1v) is 11.9. The zero-order valence-electron chi connectivity index (χ0n) is 20.4. The first-order valence-electron chi connectivity index (χ1n) is 11.9. The molecular formula is C24H30N8O4. The highest BCUT2D eigenvalue weighted by Gasteiger charge is 2.21. The third kappa shape index (κ3) is 6.26. The molecule has 12 nitrogen and oxygen atoms in total. The van der Waals surface area contributed by atoms with Gasteiger partial charge in [-0.05, 0) is 44.4 Å². The van der Waals surface area contributed by atoms with Gasteiger partial charge in [-0.15, -0.1) is 10.2 Å². The smallest absolute Gasteiger partial charge is 0.325 e. The molecule has 2 aromatic rings. The monoisotopic (exact) mass is 494 g/mol. The van der Waals surface area contributed by atoms with Gasteiger partial charge in [0, 0.05) is 32.1 Å². The summed E-state index contributed by atoms with van der Waals surface area (Å²) in [6.07, 6.45) is 8.19. The Balaban J connectivity index is 1.39. The van der Waals surface area contributed by atoms with Crippen LogP contribution >= 0.6 is 0 Å². The van der Waals surface area contributed by atoms with Gasteiger partial charge in [0.2, 0.25) is 0 Å². The van der Waals surface area contributed by atoms with Gasteiger partial charge in [0.1, 0.15) is 30.3 Å². The maximum absolute atomic E-state index is 12.8. The van der Waals surface area contributed by atoms with E-state index in [4.69, 9.17) is 4.74 Å². The molecule has 0 aliphatic carbocycles. The lowest BCUT2D eigenvalue weighted by atomic mass is 10.1. The fraction of sp³-hybridized carbons (Fsp3) is 0.417. The molecule has 4 rings (SSSR count). The van der Waals surface area contributed by atoms with E-state index in [0.717, 1.165) is 32.4 Å². The SMILES string of the molecule is CC(=O)OC[C@@H](C)n1cnnc1-c1cccc(NC(=O)NC2=CC(C(=O)N3CCCCC3)=CCN2)n1. The quantitative estimate of drug-likeness (QED) is 0.496. The summed E-state index contributed by atoms with van der Waals surface area (Å²) in [7, 11) is 0. The third-order valence-corrected chi connectivity index (χ3v) is 5.85. The fourth-order valence-corrected chi connectivity index (χ4v) is 4.01. The average molecular weight is 495 g/mol. The fourth-order valence-electron chi connectivity index (χ4n) is 4.01. The maximum atomic E-state index is 12.8. The summed E-state index contributed by atoms with van der Waals surface area (Å²) in [5, 5.41) is 16.6. The Morgan fingerprint density at radius 3 is 2.75 bits per heavy atom. The minimum absolute atomic E-state index is 0.0164. The predicted molar refractivity (Wildman–Crippen MR) is 131 cm³/mol. The highest BCUT2D eigenvalue weighted by molar-refractivity contribution is 5.97. The van der Waals surface area contributed by atoms with Crippen LogP contribution < -0.4 is 16.0 Å². The first-order chi connectivity index (χ1) is 17.4. The number of hydrogen-bond acceptors (Lipinski definition) is 8. The van der Waals surface area contributed by atoms with E-state index in [1.165, 1.54) is 13.3 Å². The van der Waals surface area contributed by atoms with Crippen LogP contribution in [0.3, 0.4) is 0 Å². The number of likely N-dealkylation sites (tertiary alicyclic amines) is 1. The number of carbonyl (C=O) groups excluding carboxylic acids is 3. The second kappa shape index (κ2) is 11.5. The van der Waals surface area contributed by atoms with Gasteiger partial charge < -0.3 is 19.5 Å². The second-order valence-corrected chi connectivity index (χ2v) is 8.65. The summed E-state index contributed by atoms with van der Waals surface area (Å²) in [4.78, 5) is 42.9. The van der Waals surface area contributed by atoms with Crippen molar-refractivity contribution in [1.82, 2.24) is 35.3 Å². The number of amides is 3. The summed E-state index contributed by atoms with van der Waals surface area (Å²) >= 11 is 0. The van der Waals surface area contributed by atoms with E-state index < -0.39 is 6.03 Å². The molecule has 3 amide bonds. The lowest BCUT2D eigenvalue weighted by molar-refractivity contribution is -0.141. The van der Waals surface area contributed by atoms with Crippen LogP contribution in [0.4, 0.5) is 10.6 Å². The lowest BCUT2D eigenvalue weighted by Crippen LogP contribution is -2.40. The highest BCUT2D eigenvalue weighted by atomic mass is 16.5. The number of rotatable bonds is 7. The second-order valence-electron chi connectivity index (χ2n) is 8.65. The molecule has 2 aromatic heterocycles. The summed E-state index contributed by atoms with van der Waals surface area (Å²) in [5.41, 5.74) is 1.06. The molecule has 4 heterocycles. The van der Waals surface area contributed by atoms with Crippen molar-refractivity contribution in [3.05, 3.63) is 48.1 Å². The first kappa shape index (κ1) is 24.9. The van der Waals surface area contributed by atoms with Gasteiger partial charge in [-0.25, -0.2) is 9.78 Å². The maximum Gasteiger partial charge on any atom is 0.325 e. The van der Waals surface area contributed by atoms with Gasteiger partial charge in [-0.1, -0.05) is 12.1 Å². The number of dihydropyridines is 1. The third-order valence-electron chi connectivity index (χ3n) is 5.85. The average Bonchev–Trinajstić information content (AvgIpc) is 3.38. The molecular weight excluding hydrogens is 464 g/mol. The van der Waals surface area contributed by atoms with Crippen LogP contribution in [0, 0.1) is 0 Å². The summed E-state index contributed by atoms with van der Waals surface area (Å²) in [6.45, 7) is 5.35. The Bertz CT molecular complexity index is 1180. The van der Waals surface area contributed by atoms with Crippen LogP contribution in [-0.4, -0.2) is 68.8 Å². The Labute approximate surface area is 208 Å². The number of nitrogens with one attached hydrogen (secondary N) is 3. The molecule has 0 radical (unpaired) electrons. The number of piperidine rings is 1. The molecule has 12 heteroatoms. The zero-order valence-corrected chi connectivity index (χ0v) is 20.4. The Kier molecular flexibility index (Phi) is 7.93. The predicted octanol–water partition coefficient (Wildman–Crippen LogP) is 1.97. The molecule has 190 valence electrons. The number of esters is 1. The molecule has 0 bridgehead atoms. The van der Waals surface area contributed by atoms with Crippen molar-refractivity contribution in [1.29, 1.82) is 0 Å². The summed E-state index contributed by atoms with van der Waals surface area (Å²) in [6, 6.07) is 4.43. The van der Waals surface area contributed by atoms with E-state index in [2.05, 4.69) is 31.1 Å². The minimum Gasteiger partial charge on any atom is -0.464 e.